The second kappa shape index (κ2) is 13.0. The normalized spacial score (nSPS) is 13.1. The van der Waals surface area contributed by atoms with E-state index < -0.39 is 0 Å². The molecule has 0 saturated heterocycles. The van der Waals surface area contributed by atoms with Crippen LogP contribution in [0.2, 0.25) is 0 Å². The molecule has 0 amide bonds. The lowest BCUT2D eigenvalue weighted by atomic mass is 9.82. The summed E-state index contributed by atoms with van der Waals surface area (Å²) in [5, 5.41) is 2.49. The van der Waals surface area contributed by atoms with Crippen molar-refractivity contribution in [1.29, 1.82) is 0 Å². The number of para-hydroxylation sites is 2. The zero-order valence-electron chi connectivity index (χ0n) is 31.8. The minimum absolute atomic E-state index is 0.0743. The fourth-order valence-electron chi connectivity index (χ4n) is 8.69. The van der Waals surface area contributed by atoms with Gasteiger partial charge in [-0.05, 0) is 78.9 Å². The highest BCUT2D eigenvalue weighted by molar-refractivity contribution is 6.10. The molecule has 9 rings (SSSR count). The average molecular weight is 696 g/mol. The summed E-state index contributed by atoms with van der Waals surface area (Å²) in [6.45, 7) is 11.6. The molecule has 1 aliphatic carbocycles. The fourth-order valence-corrected chi connectivity index (χ4v) is 8.69. The Morgan fingerprint density at radius 1 is 0.389 bits per heavy atom. The highest BCUT2D eigenvalue weighted by atomic mass is 15.2. The van der Waals surface area contributed by atoms with Gasteiger partial charge in [-0.25, -0.2) is 0 Å². The summed E-state index contributed by atoms with van der Waals surface area (Å²) in [5.41, 5.74) is 17.3. The van der Waals surface area contributed by atoms with E-state index in [1.807, 2.05) is 0 Å². The third-order valence-electron chi connectivity index (χ3n) is 11.5. The summed E-state index contributed by atoms with van der Waals surface area (Å²) in [6, 6.07) is 67.2. The second-order valence-electron chi connectivity index (χ2n) is 16.1. The van der Waals surface area contributed by atoms with Gasteiger partial charge in [-0.3, -0.25) is 0 Å². The molecular weight excluding hydrogens is 651 g/mol. The Kier molecular flexibility index (Phi) is 8.12. The van der Waals surface area contributed by atoms with Gasteiger partial charge < -0.3 is 4.90 Å². The number of hydrogen-bond acceptors (Lipinski definition) is 1. The first-order chi connectivity index (χ1) is 26.2. The molecule has 0 saturated carbocycles. The van der Waals surface area contributed by atoms with Gasteiger partial charge >= 0.3 is 0 Å². The third kappa shape index (κ3) is 5.55. The first kappa shape index (κ1) is 33.6. The molecule has 0 unspecified atom stereocenters. The van der Waals surface area contributed by atoms with Crippen molar-refractivity contribution in [1.82, 2.24) is 0 Å². The predicted octanol–water partition coefficient (Wildman–Crippen LogP) is 14.9. The lowest BCUT2D eigenvalue weighted by Gasteiger charge is -2.32. The van der Waals surface area contributed by atoms with Crippen molar-refractivity contribution in [3.05, 3.63) is 199 Å². The lowest BCUT2D eigenvalue weighted by Crippen LogP contribution is -2.16. The van der Waals surface area contributed by atoms with Crippen LogP contribution in [0.1, 0.15) is 51.3 Å². The fraction of sp³-hybridized carbons (Fsp3) is 0.132. The van der Waals surface area contributed by atoms with Crippen molar-refractivity contribution in [2.75, 3.05) is 4.90 Å². The number of fused-ring (bicyclic) bond motifs is 4. The van der Waals surface area contributed by atoms with Crippen molar-refractivity contribution in [2.45, 2.75) is 45.4 Å². The first-order valence-corrected chi connectivity index (χ1v) is 19.1. The Morgan fingerprint density at radius 3 is 1.59 bits per heavy atom. The lowest BCUT2D eigenvalue weighted by molar-refractivity contribution is 0.590. The summed E-state index contributed by atoms with van der Waals surface area (Å²) in [6.07, 6.45) is 0. The monoisotopic (exact) mass is 695 g/mol. The minimum Gasteiger partial charge on any atom is -0.309 e. The van der Waals surface area contributed by atoms with Gasteiger partial charge in [0.1, 0.15) is 0 Å². The van der Waals surface area contributed by atoms with Crippen LogP contribution in [0.15, 0.2) is 182 Å². The van der Waals surface area contributed by atoms with Gasteiger partial charge in [-0.2, -0.15) is 0 Å². The molecule has 1 heteroatoms. The molecule has 1 aliphatic rings. The largest absolute Gasteiger partial charge is 0.309 e. The van der Waals surface area contributed by atoms with Gasteiger partial charge in [0.05, 0.1) is 17.1 Å². The Morgan fingerprint density at radius 2 is 0.889 bits per heavy atom. The van der Waals surface area contributed by atoms with Crippen LogP contribution in [0.5, 0.6) is 0 Å². The maximum absolute atomic E-state index is 2.54. The summed E-state index contributed by atoms with van der Waals surface area (Å²) in [4.78, 5) is 2.54. The van der Waals surface area contributed by atoms with E-state index in [9.17, 15) is 0 Å². The molecule has 0 radical (unpaired) electrons. The van der Waals surface area contributed by atoms with Gasteiger partial charge in [-0.15, -0.1) is 0 Å². The standard InChI is InChI=1S/C53H45N/c1-52(2,3)39-34-32-37(33-35-39)40-22-10-13-29-47(40)54(49-31-17-28-46-51(49)44-24-9-12-27-45(44)53(46,4)5)48-30-14-11-23-42(48)43-26-16-21-38-20-15-25-41(50(38)43)36-18-7-6-8-19-36/h6-35H,1-5H3. The Labute approximate surface area is 320 Å². The molecule has 0 spiro atoms. The van der Waals surface area contributed by atoms with Crippen LogP contribution in [0.3, 0.4) is 0 Å². The van der Waals surface area contributed by atoms with Crippen LogP contribution < -0.4 is 4.90 Å². The van der Waals surface area contributed by atoms with E-state index in [4.69, 9.17) is 0 Å². The number of rotatable bonds is 6. The Balaban J connectivity index is 1.35. The topological polar surface area (TPSA) is 3.24 Å². The average Bonchev–Trinajstić information content (AvgIpc) is 3.44. The molecule has 8 aromatic carbocycles. The van der Waals surface area contributed by atoms with Crippen molar-refractivity contribution in [3.8, 4) is 44.5 Å². The first-order valence-electron chi connectivity index (χ1n) is 19.1. The molecule has 0 fully saturated rings. The molecular formula is C53H45N. The zero-order valence-corrected chi connectivity index (χ0v) is 31.8. The molecule has 0 aromatic heterocycles. The number of nitrogens with zero attached hydrogens (tertiary/aromatic N) is 1. The van der Waals surface area contributed by atoms with Crippen LogP contribution in [0, 0.1) is 0 Å². The number of hydrogen-bond donors (Lipinski definition) is 0. The van der Waals surface area contributed by atoms with Crippen molar-refractivity contribution in [2.24, 2.45) is 0 Å². The second-order valence-corrected chi connectivity index (χ2v) is 16.1. The van der Waals surface area contributed by atoms with Crippen LogP contribution >= 0.6 is 0 Å². The highest BCUT2D eigenvalue weighted by Gasteiger charge is 2.38. The molecule has 1 nitrogen and oxygen atoms in total. The molecule has 262 valence electrons. The van der Waals surface area contributed by atoms with Gasteiger partial charge in [0.15, 0.2) is 0 Å². The molecule has 0 N–H and O–H groups in total. The Bertz CT molecular complexity index is 2650. The predicted molar refractivity (Wildman–Crippen MR) is 231 cm³/mol. The maximum Gasteiger partial charge on any atom is 0.0543 e. The zero-order chi connectivity index (χ0) is 37.0. The van der Waals surface area contributed by atoms with E-state index >= 15 is 0 Å². The van der Waals surface area contributed by atoms with Crippen molar-refractivity contribution in [3.63, 3.8) is 0 Å². The summed E-state index contributed by atoms with van der Waals surface area (Å²) in [7, 11) is 0. The van der Waals surface area contributed by atoms with E-state index in [1.165, 1.54) is 77.7 Å². The summed E-state index contributed by atoms with van der Waals surface area (Å²) in [5.74, 6) is 0. The van der Waals surface area contributed by atoms with E-state index in [2.05, 4.69) is 222 Å². The third-order valence-corrected chi connectivity index (χ3v) is 11.5. The summed E-state index contributed by atoms with van der Waals surface area (Å²) < 4.78 is 0. The smallest absolute Gasteiger partial charge is 0.0543 e. The van der Waals surface area contributed by atoms with Crippen LogP contribution in [-0.4, -0.2) is 0 Å². The molecule has 0 aliphatic heterocycles. The van der Waals surface area contributed by atoms with Crippen LogP contribution in [0.25, 0.3) is 55.3 Å². The van der Waals surface area contributed by atoms with Gasteiger partial charge in [-0.1, -0.05) is 198 Å². The van der Waals surface area contributed by atoms with E-state index in [0.717, 1.165) is 11.4 Å². The van der Waals surface area contributed by atoms with Gasteiger partial charge in [0, 0.05) is 22.1 Å². The molecule has 8 aromatic rings. The number of benzene rings is 8. The highest BCUT2D eigenvalue weighted by Crippen LogP contribution is 2.56. The quantitative estimate of drug-likeness (QED) is 0.167. The Hall–Kier alpha value is -6.18. The maximum atomic E-state index is 2.54. The minimum atomic E-state index is -0.129. The summed E-state index contributed by atoms with van der Waals surface area (Å²) >= 11 is 0. The van der Waals surface area contributed by atoms with Gasteiger partial charge in [0.25, 0.3) is 0 Å². The van der Waals surface area contributed by atoms with E-state index in [1.54, 1.807) is 0 Å². The van der Waals surface area contributed by atoms with Crippen molar-refractivity contribution < 1.29 is 0 Å². The van der Waals surface area contributed by atoms with Crippen LogP contribution in [-0.2, 0) is 10.8 Å². The molecule has 0 heterocycles. The molecule has 0 atom stereocenters. The molecule has 0 bridgehead atoms. The van der Waals surface area contributed by atoms with Gasteiger partial charge in [0.2, 0.25) is 0 Å². The molecule has 54 heavy (non-hydrogen) atoms. The van der Waals surface area contributed by atoms with Crippen LogP contribution in [0.4, 0.5) is 17.1 Å². The van der Waals surface area contributed by atoms with E-state index in [-0.39, 0.29) is 10.8 Å². The SMILES string of the molecule is CC(C)(C)c1ccc(-c2ccccc2N(c2ccccc2-c2cccc3cccc(-c4ccccc4)c23)c2cccc3c2-c2ccccc2C3(C)C)cc1. The van der Waals surface area contributed by atoms with E-state index in [0.29, 0.717) is 0 Å². The number of anilines is 3. The van der Waals surface area contributed by atoms with Crippen molar-refractivity contribution >= 4 is 27.8 Å².